The number of hydrogen-bond donors (Lipinski definition) is 2. The summed E-state index contributed by atoms with van der Waals surface area (Å²) in [4.78, 5) is 31.8. The summed E-state index contributed by atoms with van der Waals surface area (Å²) in [5, 5.41) is 7.30. The Morgan fingerprint density at radius 3 is 2.16 bits per heavy atom. The van der Waals surface area contributed by atoms with Crippen molar-refractivity contribution >= 4 is 35.2 Å². The zero-order valence-electron chi connectivity index (χ0n) is 22.6. The lowest BCUT2D eigenvalue weighted by Crippen LogP contribution is -2.63. The van der Waals surface area contributed by atoms with Gasteiger partial charge in [0, 0.05) is 53.8 Å². The first kappa shape index (κ1) is 25.4. The average molecular weight is 536 g/mol. The number of hydrogen-bond acceptors (Lipinski definition) is 5. The van der Waals surface area contributed by atoms with E-state index in [1.807, 2.05) is 32.0 Å². The molecule has 5 fully saturated rings. The molecule has 4 aliphatic carbocycles. The molecule has 7 rings (SSSR count). The van der Waals surface area contributed by atoms with Crippen molar-refractivity contribution in [3.05, 3.63) is 46.2 Å². The number of nitrogens with one attached hydrogen (secondary N) is 2. The van der Waals surface area contributed by atoms with Gasteiger partial charge in [-0.15, -0.1) is 0 Å². The van der Waals surface area contributed by atoms with E-state index >= 15 is 0 Å². The Morgan fingerprint density at radius 1 is 0.947 bits per heavy atom. The largest absolute Gasteiger partial charge is 0.368 e. The molecule has 0 radical (unpaired) electrons. The van der Waals surface area contributed by atoms with Crippen LogP contribution in [-0.2, 0) is 0 Å². The van der Waals surface area contributed by atoms with Crippen LogP contribution < -0.4 is 15.5 Å². The van der Waals surface area contributed by atoms with Gasteiger partial charge in [0.1, 0.15) is 0 Å². The fraction of sp³-hybridized carbons (Fsp3) is 0.586. The SMILES string of the molecule is Cc1cc(C)nc(/N=C(/NC(=O)NC23CC4CC(CC(C4)C2)C3)N2CCN(c3cc(Cl)ccc3C)CC2)n1. The van der Waals surface area contributed by atoms with E-state index in [-0.39, 0.29) is 11.6 Å². The molecule has 202 valence electrons. The van der Waals surface area contributed by atoms with Crippen LogP contribution in [0, 0.1) is 38.5 Å². The van der Waals surface area contributed by atoms with E-state index in [0.29, 0.717) is 25.0 Å². The second-order valence-corrected chi connectivity index (χ2v) is 12.5. The fourth-order valence-electron chi connectivity index (χ4n) is 7.75. The van der Waals surface area contributed by atoms with E-state index in [9.17, 15) is 4.79 Å². The number of guanidine groups is 1. The lowest BCUT2D eigenvalue weighted by Gasteiger charge is -2.56. The van der Waals surface area contributed by atoms with E-state index in [0.717, 1.165) is 72.2 Å². The van der Waals surface area contributed by atoms with Gasteiger partial charge in [0.25, 0.3) is 5.95 Å². The van der Waals surface area contributed by atoms with Crippen LogP contribution in [0.5, 0.6) is 0 Å². The number of carbonyl (C=O) groups is 1. The van der Waals surface area contributed by atoms with Crippen LogP contribution in [0.2, 0.25) is 5.02 Å². The molecule has 5 aliphatic rings. The number of aliphatic imine (C=N–C) groups is 1. The molecule has 4 saturated carbocycles. The lowest BCUT2D eigenvalue weighted by atomic mass is 9.53. The van der Waals surface area contributed by atoms with Crippen molar-refractivity contribution in [2.24, 2.45) is 22.7 Å². The highest BCUT2D eigenvalue weighted by Gasteiger charge is 2.51. The molecule has 2 amide bonds. The number of rotatable bonds is 3. The van der Waals surface area contributed by atoms with Gasteiger partial charge in [0.15, 0.2) is 0 Å². The number of amides is 2. The smallest absolute Gasteiger partial charge is 0.321 e. The molecule has 1 aromatic heterocycles. The highest BCUT2D eigenvalue weighted by Crippen LogP contribution is 2.55. The number of halogens is 1. The second kappa shape index (κ2) is 10.0. The van der Waals surface area contributed by atoms with E-state index in [1.54, 1.807) is 0 Å². The zero-order valence-corrected chi connectivity index (χ0v) is 23.4. The van der Waals surface area contributed by atoms with Crippen molar-refractivity contribution in [3.8, 4) is 0 Å². The van der Waals surface area contributed by atoms with Gasteiger partial charge in [-0.05, 0) is 101 Å². The van der Waals surface area contributed by atoms with Crippen molar-refractivity contribution in [1.29, 1.82) is 0 Å². The van der Waals surface area contributed by atoms with Crippen LogP contribution >= 0.6 is 11.6 Å². The molecule has 1 aromatic carbocycles. The Hall–Kier alpha value is -2.87. The normalized spacial score (nSPS) is 28.5. The van der Waals surface area contributed by atoms with Crippen molar-refractivity contribution < 1.29 is 4.79 Å². The number of nitrogens with zero attached hydrogens (tertiary/aromatic N) is 5. The number of carbonyl (C=O) groups excluding carboxylic acids is 1. The molecule has 8 nitrogen and oxygen atoms in total. The third-order valence-electron chi connectivity index (χ3n) is 8.91. The van der Waals surface area contributed by atoms with Gasteiger partial charge in [0.05, 0.1) is 0 Å². The summed E-state index contributed by atoms with van der Waals surface area (Å²) in [7, 11) is 0. The van der Waals surface area contributed by atoms with Crippen LogP contribution in [0.15, 0.2) is 29.3 Å². The maximum atomic E-state index is 13.5. The molecule has 0 unspecified atom stereocenters. The van der Waals surface area contributed by atoms with Crippen LogP contribution in [0.1, 0.15) is 55.5 Å². The Bertz CT molecular complexity index is 1200. The summed E-state index contributed by atoms with van der Waals surface area (Å²) in [6.45, 7) is 9.01. The minimum Gasteiger partial charge on any atom is -0.368 e. The summed E-state index contributed by atoms with van der Waals surface area (Å²) in [5.74, 6) is 3.18. The van der Waals surface area contributed by atoms with Gasteiger partial charge in [-0.2, -0.15) is 4.99 Å². The Balaban J connectivity index is 1.20. The zero-order chi connectivity index (χ0) is 26.4. The van der Waals surface area contributed by atoms with Crippen molar-refractivity contribution in [2.45, 2.75) is 64.8 Å². The molecule has 2 N–H and O–H groups in total. The topological polar surface area (TPSA) is 85.7 Å². The molecule has 9 heteroatoms. The fourth-order valence-corrected chi connectivity index (χ4v) is 7.92. The molecule has 1 aliphatic heterocycles. The van der Waals surface area contributed by atoms with Gasteiger partial charge < -0.3 is 15.1 Å². The summed E-state index contributed by atoms with van der Waals surface area (Å²) in [6.07, 6.45) is 7.35. The average Bonchev–Trinajstić information content (AvgIpc) is 2.83. The number of urea groups is 1. The van der Waals surface area contributed by atoms with Gasteiger partial charge in [-0.25, -0.2) is 14.8 Å². The maximum absolute atomic E-state index is 13.5. The summed E-state index contributed by atoms with van der Waals surface area (Å²) >= 11 is 6.29. The molecule has 1 saturated heterocycles. The predicted molar refractivity (Wildman–Crippen MR) is 151 cm³/mol. The Kier molecular flexibility index (Phi) is 6.70. The standard InChI is InChI=1S/C29H38ClN7O/c1-18-4-5-24(30)14-25(18)36-6-8-37(9-7-36)27(33-26-31-19(2)10-20(3)32-26)34-28(38)35-29-15-21-11-22(16-29)13-23(12-21)17-29/h4-5,10,14,21-23H,6-9,11-13,15-17H2,1-3H3,(H2,31,32,33,34,35,38). The van der Waals surface area contributed by atoms with Crippen LogP contribution in [0.3, 0.4) is 0 Å². The molecule has 4 bridgehead atoms. The summed E-state index contributed by atoms with van der Waals surface area (Å²) < 4.78 is 0. The number of piperazine rings is 1. The highest BCUT2D eigenvalue weighted by atomic mass is 35.5. The number of benzene rings is 1. The van der Waals surface area contributed by atoms with Crippen LogP contribution in [0.4, 0.5) is 16.4 Å². The lowest BCUT2D eigenvalue weighted by molar-refractivity contribution is -0.0133. The first-order valence-electron chi connectivity index (χ1n) is 14.0. The molecule has 38 heavy (non-hydrogen) atoms. The number of anilines is 1. The molecular weight excluding hydrogens is 498 g/mol. The monoisotopic (exact) mass is 535 g/mol. The predicted octanol–water partition coefficient (Wildman–Crippen LogP) is 5.13. The number of aromatic nitrogens is 2. The summed E-state index contributed by atoms with van der Waals surface area (Å²) in [5.41, 5.74) is 4.00. The van der Waals surface area contributed by atoms with Gasteiger partial charge in [-0.3, -0.25) is 5.32 Å². The second-order valence-electron chi connectivity index (χ2n) is 12.1. The molecule has 2 aromatic rings. The minimum atomic E-state index is -0.164. The molecule has 0 atom stereocenters. The van der Waals surface area contributed by atoms with Crippen molar-refractivity contribution in [2.75, 3.05) is 31.1 Å². The third kappa shape index (κ3) is 5.33. The Morgan fingerprint density at radius 2 is 1.55 bits per heavy atom. The quantitative estimate of drug-likeness (QED) is 0.420. The maximum Gasteiger partial charge on any atom is 0.321 e. The first-order chi connectivity index (χ1) is 18.2. The van der Waals surface area contributed by atoms with Gasteiger partial charge in [0.2, 0.25) is 5.96 Å². The van der Waals surface area contributed by atoms with E-state index in [1.165, 1.54) is 24.8 Å². The van der Waals surface area contributed by atoms with Crippen LogP contribution in [0.25, 0.3) is 0 Å². The minimum absolute atomic E-state index is 0.0663. The molecule has 0 spiro atoms. The van der Waals surface area contributed by atoms with Crippen LogP contribution in [-0.4, -0.2) is 58.6 Å². The van der Waals surface area contributed by atoms with Gasteiger partial charge >= 0.3 is 6.03 Å². The molecular formula is C29H38ClN7O. The van der Waals surface area contributed by atoms with E-state index < -0.39 is 0 Å². The van der Waals surface area contributed by atoms with E-state index in [2.05, 4.69) is 43.4 Å². The number of aryl methyl sites for hydroxylation is 3. The van der Waals surface area contributed by atoms with Crippen molar-refractivity contribution in [3.63, 3.8) is 0 Å². The Labute approximate surface area is 230 Å². The third-order valence-corrected chi connectivity index (χ3v) is 9.14. The first-order valence-corrected chi connectivity index (χ1v) is 14.4. The summed E-state index contributed by atoms with van der Waals surface area (Å²) in [6, 6.07) is 7.78. The van der Waals surface area contributed by atoms with Crippen molar-refractivity contribution in [1.82, 2.24) is 25.5 Å². The van der Waals surface area contributed by atoms with E-state index in [4.69, 9.17) is 16.6 Å². The van der Waals surface area contributed by atoms with Gasteiger partial charge in [-0.1, -0.05) is 17.7 Å². The molecule has 2 heterocycles. The highest BCUT2D eigenvalue weighted by molar-refractivity contribution is 6.30.